The SMILES string of the molecule is CC(C)Nc1nc(Nc2cnccn2)cc2ccn(CCC(N)=O)c(=O)c12. The fourth-order valence-electron chi connectivity index (χ4n) is 2.65. The molecule has 9 heteroatoms. The Balaban J connectivity index is 2.07. The third-order valence-corrected chi connectivity index (χ3v) is 3.80. The number of pyridine rings is 2. The fraction of sp³-hybridized carbons (Fsp3) is 0.278. The summed E-state index contributed by atoms with van der Waals surface area (Å²) in [7, 11) is 0. The number of carbonyl (C=O) groups is 1. The number of primary amides is 1. The summed E-state index contributed by atoms with van der Waals surface area (Å²) in [5.74, 6) is 1.10. The molecular formula is C18H21N7O2. The third kappa shape index (κ3) is 4.38. The molecule has 0 saturated carbocycles. The highest BCUT2D eigenvalue weighted by atomic mass is 16.1. The maximum absolute atomic E-state index is 12.9. The van der Waals surface area contributed by atoms with Crippen LogP contribution in [0, 0.1) is 0 Å². The molecule has 140 valence electrons. The van der Waals surface area contributed by atoms with Gasteiger partial charge in [-0.15, -0.1) is 0 Å². The molecule has 0 aromatic carbocycles. The maximum Gasteiger partial charge on any atom is 0.262 e. The van der Waals surface area contributed by atoms with Crippen LogP contribution in [0.2, 0.25) is 0 Å². The number of amides is 1. The summed E-state index contributed by atoms with van der Waals surface area (Å²) in [5.41, 5.74) is 4.97. The first-order valence-corrected chi connectivity index (χ1v) is 8.56. The number of aryl methyl sites for hydroxylation is 1. The number of anilines is 3. The predicted molar refractivity (Wildman–Crippen MR) is 104 cm³/mol. The molecule has 4 N–H and O–H groups in total. The van der Waals surface area contributed by atoms with Crippen LogP contribution in [0.4, 0.5) is 17.5 Å². The van der Waals surface area contributed by atoms with Crippen LogP contribution in [-0.2, 0) is 11.3 Å². The number of carbonyl (C=O) groups excluding carboxylic acids is 1. The molecule has 0 aliphatic carbocycles. The van der Waals surface area contributed by atoms with Crippen LogP contribution in [-0.4, -0.2) is 31.5 Å². The van der Waals surface area contributed by atoms with Crippen LogP contribution in [0.25, 0.3) is 10.8 Å². The monoisotopic (exact) mass is 367 g/mol. The van der Waals surface area contributed by atoms with Crippen LogP contribution in [0.3, 0.4) is 0 Å². The molecule has 0 aliphatic heterocycles. The van der Waals surface area contributed by atoms with Crippen molar-refractivity contribution in [3.63, 3.8) is 0 Å². The number of fused-ring (bicyclic) bond motifs is 1. The number of nitrogens with two attached hydrogens (primary N) is 1. The van der Waals surface area contributed by atoms with E-state index in [4.69, 9.17) is 5.73 Å². The highest BCUT2D eigenvalue weighted by Gasteiger charge is 2.13. The Bertz CT molecular complexity index is 1020. The lowest BCUT2D eigenvalue weighted by molar-refractivity contribution is -0.118. The average Bonchev–Trinajstić information content (AvgIpc) is 2.61. The Labute approximate surface area is 155 Å². The standard InChI is InChI=1S/C18H21N7O2/c1-11(2)22-17-16-12(3-7-25(18(16)27)8-4-13(19)26)9-14(24-17)23-15-10-20-5-6-21-15/h3,5-7,9-11H,4,8H2,1-2H3,(H2,19,26)(H2,21,22,23,24). The number of aromatic nitrogens is 4. The number of nitrogens with zero attached hydrogens (tertiary/aromatic N) is 4. The Kier molecular flexibility index (Phi) is 5.30. The Morgan fingerprint density at radius 1 is 1.30 bits per heavy atom. The first-order valence-electron chi connectivity index (χ1n) is 8.56. The molecule has 27 heavy (non-hydrogen) atoms. The van der Waals surface area contributed by atoms with E-state index in [1.165, 1.54) is 4.57 Å². The molecule has 0 fully saturated rings. The largest absolute Gasteiger partial charge is 0.370 e. The van der Waals surface area contributed by atoms with E-state index in [9.17, 15) is 9.59 Å². The highest BCUT2D eigenvalue weighted by Crippen LogP contribution is 2.24. The molecule has 0 radical (unpaired) electrons. The van der Waals surface area contributed by atoms with Gasteiger partial charge in [-0.05, 0) is 31.4 Å². The smallest absolute Gasteiger partial charge is 0.262 e. The minimum absolute atomic E-state index is 0.0751. The van der Waals surface area contributed by atoms with Gasteiger partial charge in [0.1, 0.15) is 17.5 Å². The number of hydrogen-bond acceptors (Lipinski definition) is 7. The quantitative estimate of drug-likeness (QED) is 0.579. The first kappa shape index (κ1) is 18.3. The van der Waals surface area contributed by atoms with Crippen molar-refractivity contribution in [2.45, 2.75) is 32.9 Å². The average molecular weight is 367 g/mol. The van der Waals surface area contributed by atoms with Gasteiger partial charge in [-0.1, -0.05) is 0 Å². The van der Waals surface area contributed by atoms with Crippen LogP contribution >= 0.6 is 0 Å². The van der Waals surface area contributed by atoms with Crippen molar-refractivity contribution in [1.29, 1.82) is 0 Å². The topological polar surface area (TPSA) is 128 Å². The van der Waals surface area contributed by atoms with E-state index in [0.29, 0.717) is 22.8 Å². The second-order valence-electron chi connectivity index (χ2n) is 6.37. The molecule has 1 amide bonds. The van der Waals surface area contributed by atoms with Crippen molar-refractivity contribution in [1.82, 2.24) is 19.5 Å². The van der Waals surface area contributed by atoms with Crippen molar-refractivity contribution in [3.05, 3.63) is 47.3 Å². The lowest BCUT2D eigenvalue weighted by Crippen LogP contribution is -2.24. The number of rotatable bonds is 7. The molecule has 0 bridgehead atoms. The summed E-state index contributed by atoms with van der Waals surface area (Å²) >= 11 is 0. The third-order valence-electron chi connectivity index (χ3n) is 3.80. The fourth-order valence-corrected chi connectivity index (χ4v) is 2.65. The molecule has 0 saturated heterocycles. The van der Waals surface area contributed by atoms with Gasteiger partial charge in [-0.25, -0.2) is 9.97 Å². The zero-order valence-corrected chi connectivity index (χ0v) is 15.1. The van der Waals surface area contributed by atoms with Gasteiger partial charge in [0, 0.05) is 37.6 Å². The predicted octanol–water partition coefficient (Wildman–Crippen LogP) is 1.63. The van der Waals surface area contributed by atoms with Crippen LogP contribution < -0.4 is 21.9 Å². The second kappa shape index (κ2) is 7.81. The van der Waals surface area contributed by atoms with E-state index in [0.717, 1.165) is 5.39 Å². The van der Waals surface area contributed by atoms with E-state index in [2.05, 4.69) is 25.6 Å². The van der Waals surface area contributed by atoms with E-state index in [1.807, 2.05) is 19.9 Å². The van der Waals surface area contributed by atoms with Gasteiger partial charge in [0.2, 0.25) is 5.91 Å². The van der Waals surface area contributed by atoms with Crippen LogP contribution in [0.1, 0.15) is 20.3 Å². The Morgan fingerprint density at radius 3 is 2.78 bits per heavy atom. The Morgan fingerprint density at radius 2 is 2.11 bits per heavy atom. The molecule has 0 aliphatic rings. The molecule has 3 rings (SSSR count). The minimum atomic E-state index is -0.454. The first-order chi connectivity index (χ1) is 12.9. The van der Waals surface area contributed by atoms with Gasteiger partial charge in [-0.3, -0.25) is 14.6 Å². The summed E-state index contributed by atoms with van der Waals surface area (Å²) in [4.78, 5) is 36.7. The lowest BCUT2D eigenvalue weighted by atomic mass is 10.2. The summed E-state index contributed by atoms with van der Waals surface area (Å²) in [5, 5.41) is 7.48. The van der Waals surface area contributed by atoms with Gasteiger partial charge < -0.3 is 20.9 Å². The summed E-state index contributed by atoms with van der Waals surface area (Å²) < 4.78 is 1.47. The van der Waals surface area contributed by atoms with Crippen molar-refractivity contribution >= 4 is 34.1 Å². The lowest BCUT2D eigenvalue weighted by Gasteiger charge is -2.15. The summed E-state index contributed by atoms with van der Waals surface area (Å²) in [6.45, 7) is 4.15. The zero-order valence-electron chi connectivity index (χ0n) is 15.1. The van der Waals surface area contributed by atoms with E-state index < -0.39 is 5.91 Å². The van der Waals surface area contributed by atoms with Crippen molar-refractivity contribution < 1.29 is 4.79 Å². The van der Waals surface area contributed by atoms with Gasteiger partial charge in [0.15, 0.2) is 0 Å². The van der Waals surface area contributed by atoms with Gasteiger partial charge in [-0.2, -0.15) is 0 Å². The zero-order chi connectivity index (χ0) is 19.4. The molecule has 3 aromatic rings. The Hall–Kier alpha value is -3.49. The molecule has 0 spiro atoms. The van der Waals surface area contributed by atoms with Crippen molar-refractivity contribution in [2.75, 3.05) is 10.6 Å². The molecular weight excluding hydrogens is 346 g/mol. The van der Waals surface area contributed by atoms with Crippen molar-refractivity contribution in [3.8, 4) is 0 Å². The van der Waals surface area contributed by atoms with E-state index in [-0.39, 0.29) is 24.6 Å². The number of hydrogen-bond donors (Lipinski definition) is 3. The second-order valence-corrected chi connectivity index (χ2v) is 6.37. The summed E-state index contributed by atoms with van der Waals surface area (Å²) in [6, 6.07) is 3.66. The molecule has 0 atom stereocenters. The van der Waals surface area contributed by atoms with Crippen molar-refractivity contribution in [2.24, 2.45) is 5.73 Å². The molecule has 3 aromatic heterocycles. The van der Waals surface area contributed by atoms with Gasteiger partial charge in [0.05, 0.1) is 11.6 Å². The number of nitrogens with one attached hydrogen (secondary N) is 2. The van der Waals surface area contributed by atoms with Gasteiger partial charge >= 0.3 is 0 Å². The van der Waals surface area contributed by atoms with Gasteiger partial charge in [0.25, 0.3) is 5.56 Å². The van der Waals surface area contributed by atoms with Crippen LogP contribution in [0.5, 0.6) is 0 Å². The summed E-state index contributed by atoms with van der Waals surface area (Å²) in [6.07, 6.45) is 6.49. The molecule has 0 unspecified atom stereocenters. The molecule has 3 heterocycles. The van der Waals surface area contributed by atoms with Crippen LogP contribution in [0.15, 0.2) is 41.7 Å². The van der Waals surface area contributed by atoms with E-state index in [1.54, 1.807) is 30.9 Å². The maximum atomic E-state index is 12.9. The molecule has 9 nitrogen and oxygen atoms in total. The highest BCUT2D eigenvalue weighted by molar-refractivity contribution is 5.93. The van der Waals surface area contributed by atoms with E-state index >= 15 is 0 Å². The normalized spacial score (nSPS) is 10.9. The minimum Gasteiger partial charge on any atom is -0.370 e.